The van der Waals surface area contributed by atoms with Gasteiger partial charge in [-0.25, -0.2) is 0 Å². The lowest BCUT2D eigenvalue weighted by molar-refractivity contribution is 0.756. The van der Waals surface area contributed by atoms with Crippen LogP contribution in [0.3, 0.4) is 0 Å². The summed E-state index contributed by atoms with van der Waals surface area (Å²) in [4.78, 5) is 3.16. The van der Waals surface area contributed by atoms with Crippen LogP contribution in [0.1, 0.15) is 5.69 Å². The molecule has 1 aromatic carbocycles. The van der Waals surface area contributed by atoms with E-state index in [4.69, 9.17) is 23.8 Å². The molecule has 4 nitrogen and oxygen atoms in total. The molecule has 1 N–H and O–H groups in total. The number of aromatic nitrogens is 4. The first-order chi connectivity index (χ1) is 8.56. The van der Waals surface area contributed by atoms with Crippen molar-refractivity contribution in [2.45, 2.75) is 6.92 Å². The fraction of sp³-hybridized carbons (Fsp3) is 0.167. The zero-order valence-electron chi connectivity index (χ0n) is 9.94. The Morgan fingerprint density at radius 3 is 2.83 bits per heavy atom. The van der Waals surface area contributed by atoms with Crippen molar-refractivity contribution in [3.05, 3.63) is 39.9 Å². The number of fused-ring (bicyclic) bond motifs is 1. The molecule has 0 atom stereocenters. The van der Waals surface area contributed by atoms with E-state index in [1.165, 1.54) is 0 Å². The van der Waals surface area contributed by atoms with Crippen LogP contribution in [0.25, 0.3) is 16.7 Å². The number of halogens is 1. The van der Waals surface area contributed by atoms with Crippen LogP contribution >= 0.6 is 23.8 Å². The number of imidazole rings is 1. The number of aromatic amines is 1. The molecule has 3 rings (SSSR count). The number of nitrogens with zero attached hydrogens (tertiary/aromatic N) is 3. The number of aryl methyl sites for hydroxylation is 2. The van der Waals surface area contributed by atoms with E-state index < -0.39 is 0 Å². The maximum Gasteiger partial charge on any atom is 0.182 e. The Morgan fingerprint density at radius 2 is 2.17 bits per heavy atom. The Balaban J connectivity index is 2.39. The molecule has 3 aromatic rings. The molecular formula is C12H11ClN4S. The van der Waals surface area contributed by atoms with Gasteiger partial charge in [-0.1, -0.05) is 11.6 Å². The zero-order chi connectivity index (χ0) is 12.9. The molecule has 0 aliphatic heterocycles. The second-order valence-corrected chi connectivity index (χ2v) is 5.02. The fourth-order valence-corrected chi connectivity index (χ4v) is 2.61. The minimum Gasteiger partial charge on any atom is -0.330 e. The molecular weight excluding hydrogens is 268 g/mol. The number of hydrogen-bond donors (Lipinski definition) is 1. The molecule has 92 valence electrons. The van der Waals surface area contributed by atoms with E-state index in [2.05, 4.69) is 10.1 Å². The lowest BCUT2D eigenvalue weighted by Crippen LogP contribution is -1.94. The molecule has 0 fully saturated rings. The first-order valence-electron chi connectivity index (χ1n) is 5.47. The first kappa shape index (κ1) is 11.5. The van der Waals surface area contributed by atoms with Crippen molar-refractivity contribution in [2.75, 3.05) is 0 Å². The lowest BCUT2D eigenvalue weighted by atomic mass is 10.3. The van der Waals surface area contributed by atoms with E-state index in [9.17, 15) is 0 Å². The number of H-pyrrole nitrogens is 1. The monoisotopic (exact) mass is 278 g/mol. The quantitative estimate of drug-likeness (QED) is 0.693. The number of benzene rings is 1. The van der Waals surface area contributed by atoms with Gasteiger partial charge in [0.05, 0.1) is 22.4 Å². The Kier molecular flexibility index (Phi) is 2.53. The van der Waals surface area contributed by atoms with Crippen LogP contribution in [0.15, 0.2) is 24.4 Å². The third-order valence-electron chi connectivity index (χ3n) is 2.87. The molecule has 0 spiro atoms. The highest BCUT2D eigenvalue weighted by Gasteiger charge is 2.11. The summed E-state index contributed by atoms with van der Waals surface area (Å²) in [7, 11) is 1.89. The van der Waals surface area contributed by atoms with Crippen LogP contribution in [0.4, 0.5) is 0 Å². The standard InChI is InChI=1S/C12H11ClN4S/c1-7-11(6-16(2)15-7)17-10-4-3-8(13)5-9(10)14-12(17)18/h3-6H,1-2H3,(H,14,18). The molecule has 0 radical (unpaired) electrons. The summed E-state index contributed by atoms with van der Waals surface area (Å²) in [6.45, 7) is 1.96. The van der Waals surface area contributed by atoms with Gasteiger partial charge < -0.3 is 4.98 Å². The lowest BCUT2D eigenvalue weighted by Gasteiger charge is -2.01. The molecule has 2 aromatic heterocycles. The Labute approximate surface area is 114 Å². The topological polar surface area (TPSA) is 38.5 Å². The van der Waals surface area contributed by atoms with Crippen LogP contribution in [-0.2, 0) is 7.05 Å². The third-order valence-corrected chi connectivity index (χ3v) is 3.39. The fourth-order valence-electron chi connectivity index (χ4n) is 2.13. The summed E-state index contributed by atoms with van der Waals surface area (Å²) in [6.07, 6.45) is 1.95. The molecule has 0 saturated heterocycles. The van der Waals surface area contributed by atoms with Gasteiger partial charge in [0.15, 0.2) is 4.77 Å². The van der Waals surface area contributed by atoms with Crippen molar-refractivity contribution in [1.82, 2.24) is 19.3 Å². The SMILES string of the molecule is Cc1nn(C)cc1-n1c(=S)[nH]c2cc(Cl)ccc21. The van der Waals surface area contributed by atoms with Crippen molar-refractivity contribution in [3.63, 3.8) is 0 Å². The van der Waals surface area contributed by atoms with E-state index in [1.807, 2.05) is 42.9 Å². The maximum absolute atomic E-state index is 5.98. The maximum atomic E-state index is 5.98. The summed E-state index contributed by atoms with van der Waals surface area (Å²) in [6, 6.07) is 5.68. The molecule has 0 amide bonds. The second-order valence-electron chi connectivity index (χ2n) is 4.20. The van der Waals surface area contributed by atoms with Gasteiger partial charge in [-0.3, -0.25) is 9.25 Å². The summed E-state index contributed by atoms with van der Waals surface area (Å²) in [5.41, 5.74) is 3.84. The van der Waals surface area contributed by atoms with E-state index in [-0.39, 0.29) is 0 Å². The minimum absolute atomic E-state index is 0.642. The van der Waals surface area contributed by atoms with Gasteiger partial charge in [-0.15, -0.1) is 0 Å². The molecule has 0 saturated carbocycles. The number of nitrogens with one attached hydrogen (secondary N) is 1. The molecule has 2 heterocycles. The second kappa shape index (κ2) is 3.96. The molecule has 6 heteroatoms. The average Bonchev–Trinajstić information content (AvgIpc) is 2.77. The Bertz CT molecular complexity index is 796. The van der Waals surface area contributed by atoms with E-state index in [0.29, 0.717) is 9.79 Å². The first-order valence-corrected chi connectivity index (χ1v) is 6.26. The highest BCUT2D eigenvalue weighted by molar-refractivity contribution is 7.71. The van der Waals surface area contributed by atoms with Crippen LogP contribution in [0, 0.1) is 11.7 Å². The van der Waals surface area contributed by atoms with Gasteiger partial charge in [0.2, 0.25) is 0 Å². The molecule has 18 heavy (non-hydrogen) atoms. The normalized spacial score (nSPS) is 11.3. The average molecular weight is 279 g/mol. The summed E-state index contributed by atoms with van der Waals surface area (Å²) < 4.78 is 4.40. The van der Waals surface area contributed by atoms with E-state index in [1.54, 1.807) is 4.68 Å². The Hall–Kier alpha value is -1.59. The van der Waals surface area contributed by atoms with E-state index >= 15 is 0 Å². The largest absolute Gasteiger partial charge is 0.330 e. The van der Waals surface area contributed by atoms with E-state index in [0.717, 1.165) is 22.4 Å². The smallest absolute Gasteiger partial charge is 0.182 e. The molecule has 0 aliphatic carbocycles. The van der Waals surface area contributed by atoms with Crippen LogP contribution < -0.4 is 0 Å². The highest BCUT2D eigenvalue weighted by Crippen LogP contribution is 2.23. The molecule has 0 unspecified atom stereocenters. The predicted octanol–water partition coefficient (Wildman–Crippen LogP) is 3.38. The molecule has 0 bridgehead atoms. The van der Waals surface area contributed by atoms with Crippen molar-refractivity contribution >= 4 is 34.9 Å². The summed E-state index contributed by atoms with van der Waals surface area (Å²) >= 11 is 11.4. The summed E-state index contributed by atoms with van der Waals surface area (Å²) in [5.74, 6) is 0. The zero-order valence-corrected chi connectivity index (χ0v) is 11.5. The van der Waals surface area contributed by atoms with Gasteiger partial charge in [0.1, 0.15) is 0 Å². The van der Waals surface area contributed by atoms with Gasteiger partial charge in [-0.05, 0) is 37.3 Å². The van der Waals surface area contributed by atoms with Crippen molar-refractivity contribution in [1.29, 1.82) is 0 Å². The van der Waals surface area contributed by atoms with Crippen molar-refractivity contribution in [3.8, 4) is 5.69 Å². The van der Waals surface area contributed by atoms with Crippen LogP contribution in [0.2, 0.25) is 5.02 Å². The van der Waals surface area contributed by atoms with Gasteiger partial charge >= 0.3 is 0 Å². The molecule has 0 aliphatic rings. The Morgan fingerprint density at radius 1 is 1.39 bits per heavy atom. The van der Waals surface area contributed by atoms with Gasteiger partial charge in [-0.2, -0.15) is 5.10 Å². The summed E-state index contributed by atoms with van der Waals surface area (Å²) in [5, 5.41) is 5.03. The van der Waals surface area contributed by atoms with Crippen molar-refractivity contribution < 1.29 is 0 Å². The van der Waals surface area contributed by atoms with Crippen LogP contribution in [-0.4, -0.2) is 19.3 Å². The van der Waals surface area contributed by atoms with Crippen molar-refractivity contribution in [2.24, 2.45) is 7.05 Å². The highest BCUT2D eigenvalue weighted by atomic mass is 35.5. The minimum atomic E-state index is 0.642. The number of hydrogen-bond acceptors (Lipinski definition) is 2. The van der Waals surface area contributed by atoms with Crippen LogP contribution in [0.5, 0.6) is 0 Å². The van der Waals surface area contributed by atoms with Gasteiger partial charge in [0, 0.05) is 18.3 Å². The third kappa shape index (κ3) is 1.67. The number of rotatable bonds is 1. The predicted molar refractivity (Wildman–Crippen MR) is 75.0 cm³/mol. The van der Waals surface area contributed by atoms with Gasteiger partial charge in [0.25, 0.3) is 0 Å².